The van der Waals surface area contributed by atoms with Gasteiger partial charge < -0.3 is 20.8 Å². The highest BCUT2D eigenvalue weighted by Gasteiger charge is 2.52. The number of primary amides is 2. The summed E-state index contributed by atoms with van der Waals surface area (Å²) in [5.41, 5.74) is 17.7. The Morgan fingerprint density at radius 2 is 1.01 bits per heavy atom. The van der Waals surface area contributed by atoms with Crippen LogP contribution in [0, 0.1) is 0 Å². The molecule has 8 rings (SSSR count). The molecule has 0 saturated carbocycles. The monoisotopic (exact) mass is 1270 g/mol. The molecule has 26 heteroatoms. The van der Waals surface area contributed by atoms with Crippen molar-refractivity contribution in [2.75, 3.05) is 59.4 Å². The quantitative estimate of drug-likeness (QED) is 0.116. The first kappa shape index (κ1) is 62.1. The van der Waals surface area contributed by atoms with E-state index in [9.17, 15) is 34.8 Å². The summed E-state index contributed by atoms with van der Waals surface area (Å²) in [6.07, 6.45) is 22.9. The molecule has 5 aromatic heterocycles. The van der Waals surface area contributed by atoms with Gasteiger partial charge in [0, 0.05) is 119 Å². The molecular formula is C48H63BBr3N9O10S3. The minimum Gasteiger partial charge on any atom is -0.399 e. The highest BCUT2D eigenvalue weighted by Crippen LogP contribution is 2.37. The lowest BCUT2D eigenvalue weighted by atomic mass is 9.79. The minimum absolute atomic E-state index is 0.0914. The highest BCUT2D eigenvalue weighted by molar-refractivity contribution is 9.10. The Kier molecular flexibility index (Phi) is 22.7. The topological polar surface area (TPSA) is 278 Å². The van der Waals surface area contributed by atoms with Crippen LogP contribution >= 0.6 is 47.8 Å². The molecule has 4 N–H and O–H groups in total. The van der Waals surface area contributed by atoms with Gasteiger partial charge in [0.15, 0.2) is 0 Å². The number of carbonyl (C=O) groups excluding carboxylic acids is 2. The van der Waals surface area contributed by atoms with E-state index in [1.54, 1.807) is 43.4 Å². The Morgan fingerprint density at radius 1 is 0.608 bits per heavy atom. The second-order valence-electron chi connectivity index (χ2n) is 18.9. The number of nitrogens with two attached hydrogens (primary N) is 2. The van der Waals surface area contributed by atoms with Gasteiger partial charge >= 0.3 is 19.2 Å². The molecule has 0 atom stereocenters. The van der Waals surface area contributed by atoms with Crippen LogP contribution in [-0.2, 0) is 69.8 Å². The normalized spacial score (nSPS) is 15.5. The molecule has 3 aliphatic rings. The summed E-state index contributed by atoms with van der Waals surface area (Å²) < 4.78 is 77.6. The number of rotatable bonds is 9. The van der Waals surface area contributed by atoms with Gasteiger partial charge in [-0.25, -0.2) is 44.8 Å². The zero-order valence-electron chi connectivity index (χ0n) is 42.6. The Hall–Kier alpha value is -4.44. The molecule has 4 amide bonds. The van der Waals surface area contributed by atoms with Crippen LogP contribution in [0.1, 0.15) is 68.4 Å². The highest BCUT2D eigenvalue weighted by atomic mass is 79.9. The maximum absolute atomic E-state index is 11.5. The number of halogens is 3. The summed E-state index contributed by atoms with van der Waals surface area (Å²) in [6.45, 7) is 9.28. The maximum atomic E-state index is 11.5. The predicted octanol–water partition coefficient (Wildman–Crippen LogP) is 6.61. The van der Waals surface area contributed by atoms with Gasteiger partial charge in [-0.2, -0.15) is 0 Å². The van der Waals surface area contributed by atoms with E-state index in [1.165, 1.54) is 27.9 Å². The number of urea groups is 2. The first-order valence-corrected chi connectivity index (χ1v) is 32.1. The lowest BCUT2D eigenvalue weighted by Gasteiger charge is -2.32. The summed E-state index contributed by atoms with van der Waals surface area (Å²) in [6, 6.07) is 8.88. The van der Waals surface area contributed by atoms with Crippen LogP contribution < -0.4 is 26.7 Å². The number of hydrogen-bond acceptors (Lipinski definition) is 15. The number of aryl methyl sites for hydroxylation is 4. The molecular weight excluding hydrogens is 1210 g/mol. The van der Waals surface area contributed by atoms with Crippen LogP contribution in [0.2, 0.25) is 0 Å². The largest absolute Gasteiger partial charge is 0.496 e. The van der Waals surface area contributed by atoms with E-state index in [-0.39, 0.29) is 22.7 Å². The van der Waals surface area contributed by atoms with Crippen LogP contribution in [0.5, 0.6) is 0 Å². The zero-order valence-corrected chi connectivity index (χ0v) is 49.8. The molecule has 74 heavy (non-hydrogen) atoms. The molecule has 1 fully saturated rings. The van der Waals surface area contributed by atoms with E-state index in [1.807, 2.05) is 64.2 Å². The fourth-order valence-corrected chi connectivity index (χ4v) is 9.50. The van der Waals surface area contributed by atoms with E-state index in [2.05, 4.69) is 72.7 Å². The minimum atomic E-state index is -3.02. The van der Waals surface area contributed by atoms with Gasteiger partial charge in [-0.1, -0.05) is 22.0 Å². The number of anilines is 2. The van der Waals surface area contributed by atoms with Crippen LogP contribution in [-0.4, -0.2) is 130 Å². The van der Waals surface area contributed by atoms with E-state index in [0.717, 1.165) is 91.3 Å². The Balaban J connectivity index is 0.000000219. The molecule has 0 spiro atoms. The van der Waals surface area contributed by atoms with Crippen molar-refractivity contribution in [1.82, 2.24) is 24.9 Å². The zero-order chi connectivity index (χ0) is 55.2. The summed E-state index contributed by atoms with van der Waals surface area (Å²) in [5, 5.41) is 0.861. The fourth-order valence-electron chi connectivity index (χ4n) is 7.15. The van der Waals surface area contributed by atoms with Crippen molar-refractivity contribution in [3.63, 3.8) is 0 Å². The number of aromatic nitrogens is 5. The molecule has 0 unspecified atom stereocenters. The van der Waals surface area contributed by atoms with Gasteiger partial charge in [0.25, 0.3) is 0 Å². The number of nitrogens with zero attached hydrogens (tertiary/aromatic N) is 7. The van der Waals surface area contributed by atoms with Crippen LogP contribution in [0.25, 0.3) is 11.1 Å². The van der Waals surface area contributed by atoms with Gasteiger partial charge in [0.1, 0.15) is 41.1 Å². The fraction of sp³-hybridized carbons (Fsp3) is 0.438. The maximum Gasteiger partial charge on any atom is 0.496 e. The number of hydrogen-bond donors (Lipinski definition) is 2. The molecule has 0 aromatic carbocycles. The summed E-state index contributed by atoms with van der Waals surface area (Å²) in [5.74, 6) is 1.53. The van der Waals surface area contributed by atoms with Gasteiger partial charge in [-0.3, -0.25) is 24.8 Å². The van der Waals surface area contributed by atoms with E-state index >= 15 is 0 Å². The summed E-state index contributed by atoms with van der Waals surface area (Å²) in [4.78, 5) is 47.0. The van der Waals surface area contributed by atoms with Gasteiger partial charge in [0.05, 0.1) is 22.7 Å². The van der Waals surface area contributed by atoms with Crippen molar-refractivity contribution in [3.05, 3.63) is 117 Å². The van der Waals surface area contributed by atoms with E-state index in [4.69, 9.17) is 20.8 Å². The molecule has 0 aliphatic carbocycles. The second-order valence-corrected chi connectivity index (χ2v) is 28.1. The molecule has 402 valence electrons. The van der Waals surface area contributed by atoms with Crippen LogP contribution in [0.3, 0.4) is 0 Å². The molecule has 8 heterocycles. The van der Waals surface area contributed by atoms with Crippen LogP contribution in [0.15, 0.2) is 88.9 Å². The smallest absolute Gasteiger partial charge is 0.399 e. The Morgan fingerprint density at radius 3 is 1.45 bits per heavy atom. The lowest BCUT2D eigenvalue weighted by Crippen LogP contribution is -2.41. The molecule has 3 aliphatic heterocycles. The number of sulfone groups is 3. The third-order valence-corrected chi connectivity index (χ3v) is 14.9. The van der Waals surface area contributed by atoms with Crippen molar-refractivity contribution in [3.8, 4) is 11.1 Å². The summed E-state index contributed by atoms with van der Waals surface area (Å²) in [7, 11) is -9.00. The molecule has 5 aromatic rings. The molecule has 19 nitrogen and oxygen atoms in total. The second kappa shape index (κ2) is 27.1. The number of carbonyl (C=O) groups is 2. The van der Waals surface area contributed by atoms with Crippen molar-refractivity contribution < 1.29 is 44.2 Å². The Labute approximate surface area is 460 Å². The predicted molar refractivity (Wildman–Crippen MR) is 302 cm³/mol. The standard InChI is InChI=1S/C17H20N4O3S.C15H22BN3O3.C8H10BrNO2S.C6H5Br2N.C2H6O2S/c1-25(23,24)6-4-12-7-14(10-19-9-12)15-8-13-3-2-5-21(17(18)22)16(13)20-11-15;1-14(2)15(3,4)22-16(21-14)11-8-10-6-5-7-19(13(17)20)12(10)18-9-11;1-13(11,12)3-2-7-4-8(9)6-10-5-7;7-2-5-1-6(8)4-9-3-5;1-5(2,3)4/h7-11H,2-6H2,1H3,(H2,18,22);8-9H,5-7H2,1-4H3,(H2,17,20);4-6H,2-3H2,1H3;1,3-4H,2H2;1-2H3. The number of alkyl halides is 1. The summed E-state index contributed by atoms with van der Waals surface area (Å²) >= 11 is 9.92. The third-order valence-electron chi connectivity index (χ3n) is 11.5. The van der Waals surface area contributed by atoms with Gasteiger partial charge in [-0.15, -0.1) is 0 Å². The number of amides is 4. The van der Waals surface area contributed by atoms with Crippen LogP contribution in [0.4, 0.5) is 21.2 Å². The first-order chi connectivity index (χ1) is 34.3. The lowest BCUT2D eigenvalue weighted by molar-refractivity contribution is 0.00578. The first-order valence-electron chi connectivity index (χ1n) is 23.0. The van der Waals surface area contributed by atoms with E-state index in [0.29, 0.717) is 37.6 Å². The average molecular weight is 1270 g/mol. The molecule has 1 saturated heterocycles. The average Bonchev–Trinajstić information content (AvgIpc) is 3.54. The molecule has 0 bridgehead atoms. The third kappa shape index (κ3) is 20.6. The number of fused-ring (bicyclic) bond motifs is 2. The van der Waals surface area contributed by atoms with Crippen molar-refractivity contribution in [2.45, 2.75) is 82.8 Å². The van der Waals surface area contributed by atoms with Gasteiger partial charge in [0.2, 0.25) is 0 Å². The molecule has 0 radical (unpaired) electrons. The van der Waals surface area contributed by atoms with E-state index < -0.39 is 48.7 Å². The van der Waals surface area contributed by atoms with Crippen molar-refractivity contribution in [2.24, 2.45) is 11.5 Å². The number of pyridine rings is 5. The van der Waals surface area contributed by atoms with Gasteiger partial charge in [-0.05, 0) is 150 Å². The van der Waals surface area contributed by atoms with Crippen molar-refractivity contribution in [1.29, 1.82) is 0 Å². The SMILES string of the molecule is BrCc1cncc(Br)c1.CC1(C)OB(c2cnc3c(c2)CCCN3C(N)=O)OC1(C)C.CS(=O)(=O)CCc1cncc(-c2cnc3c(c2)CCCN3C(N)=O)c1.CS(=O)(=O)CCc1cncc(Br)c1.CS(C)(=O)=O. The Bertz CT molecular complexity index is 3080. The van der Waals surface area contributed by atoms with Crippen molar-refractivity contribution >= 4 is 114 Å².